The van der Waals surface area contributed by atoms with Crippen molar-refractivity contribution < 1.29 is 0 Å². The van der Waals surface area contributed by atoms with Crippen LogP contribution in [-0.4, -0.2) is 0 Å². The number of aryl methyl sites for hydroxylation is 2. The minimum Gasteiger partial charge on any atom is -0.133 e. The van der Waals surface area contributed by atoms with Crippen LogP contribution in [0.15, 0.2) is 9.85 Å². The fraction of sp³-hybridized carbons (Fsp3) is 0.714. The van der Waals surface area contributed by atoms with Gasteiger partial charge in [0.05, 0.1) is 3.79 Å². The van der Waals surface area contributed by atoms with Gasteiger partial charge in [-0.15, -0.1) is 11.3 Å². The molecular weight excluding hydrogens is 280 g/mol. The summed E-state index contributed by atoms with van der Waals surface area (Å²) in [6.45, 7) is 4.54. The van der Waals surface area contributed by atoms with Gasteiger partial charge in [-0.05, 0) is 53.2 Å². The Morgan fingerprint density at radius 1 is 1.00 bits per heavy atom. The van der Waals surface area contributed by atoms with Crippen molar-refractivity contribution in [1.82, 2.24) is 0 Å². The average Bonchev–Trinajstić information content (AvgIpc) is 2.60. The predicted octanol–water partition coefficient (Wildman–Crippen LogP) is 5.98. The Morgan fingerprint density at radius 3 is 2.25 bits per heavy atom. The first-order chi connectivity index (χ1) is 7.77. The van der Waals surface area contributed by atoms with Gasteiger partial charge in [-0.1, -0.05) is 39.5 Å². The van der Waals surface area contributed by atoms with Crippen LogP contribution in [0.4, 0.5) is 0 Å². The Morgan fingerprint density at radius 2 is 1.62 bits per heavy atom. The van der Waals surface area contributed by atoms with Crippen molar-refractivity contribution in [3.05, 3.63) is 20.3 Å². The Hall–Kier alpha value is 0.180. The van der Waals surface area contributed by atoms with E-state index in [-0.39, 0.29) is 0 Å². The standard InChI is InChI=1S/C14H23BrS/c1-3-5-7-9-12-11-14(15)16-13(12)10-8-6-4-2/h11H,3-10H2,1-2H3. The van der Waals surface area contributed by atoms with Gasteiger partial charge in [0.15, 0.2) is 0 Å². The largest absolute Gasteiger partial charge is 0.133 e. The second-order valence-corrected chi connectivity index (χ2v) is 6.93. The lowest BCUT2D eigenvalue weighted by molar-refractivity contribution is 0.699. The molecule has 2 heteroatoms. The maximum atomic E-state index is 3.62. The SMILES string of the molecule is CCCCCc1cc(Br)sc1CCCCC. The molecule has 0 N–H and O–H groups in total. The van der Waals surface area contributed by atoms with Crippen molar-refractivity contribution in [3.8, 4) is 0 Å². The Kier molecular flexibility index (Phi) is 7.39. The first-order valence-electron chi connectivity index (χ1n) is 6.55. The van der Waals surface area contributed by atoms with Crippen LogP contribution in [0.1, 0.15) is 62.8 Å². The lowest BCUT2D eigenvalue weighted by atomic mass is 10.1. The third-order valence-electron chi connectivity index (χ3n) is 2.92. The highest BCUT2D eigenvalue weighted by Gasteiger charge is 2.07. The van der Waals surface area contributed by atoms with Crippen LogP contribution < -0.4 is 0 Å². The van der Waals surface area contributed by atoms with E-state index in [4.69, 9.17) is 0 Å². The zero-order valence-electron chi connectivity index (χ0n) is 10.5. The van der Waals surface area contributed by atoms with E-state index in [9.17, 15) is 0 Å². The zero-order valence-corrected chi connectivity index (χ0v) is 12.9. The number of hydrogen-bond donors (Lipinski definition) is 0. The summed E-state index contributed by atoms with van der Waals surface area (Å²) in [6, 6.07) is 2.33. The van der Waals surface area contributed by atoms with Crippen LogP contribution in [0.25, 0.3) is 0 Å². The molecule has 0 aliphatic carbocycles. The quantitative estimate of drug-likeness (QED) is 0.518. The van der Waals surface area contributed by atoms with Crippen LogP contribution >= 0.6 is 27.3 Å². The summed E-state index contributed by atoms with van der Waals surface area (Å²) < 4.78 is 1.31. The number of unbranched alkanes of at least 4 members (excludes halogenated alkanes) is 4. The number of rotatable bonds is 8. The average molecular weight is 303 g/mol. The third kappa shape index (κ3) is 5.01. The molecule has 0 aromatic carbocycles. The molecule has 1 aromatic heterocycles. The van der Waals surface area contributed by atoms with Gasteiger partial charge in [0.25, 0.3) is 0 Å². The molecule has 0 spiro atoms. The molecule has 0 amide bonds. The van der Waals surface area contributed by atoms with Gasteiger partial charge in [0.1, 0.15) is 0 Å². The topological polar surface area (TPSA) is 0 Å². The van der Waals surface area contributed by atoms with Crippen molar-refractivity contribution in [2.45, 2.75) is 65.2 Å². The van der Waals surface area contributed by atoms with Crippen LogP contribution in [0, 0.1) is 0 Å². The van der Waals surface area contributed by atoms with E-state index in [0.29, 0.717) is 0 Å². The third-order valence-corrected chi connectivity index (χ3v) is 4.66. The van der Waals surface area contributed by atoms with Crippen LogP contribution in [-0.2, 0) is 12.8 Å². The smallest absolute Gasteiger partial charge is 0.0704 e. The lowest BCUT2D eigenvalue weighted by Gasteiger charge is -2.03. The van der Waals surface area contributed by atoms with Crippen LogP contribution in [0.3, 0.4) is 0 Å². The zero-order chi connectivity index (χ0) is 11.8. The first-order valence-corrected chi connectivity index (χ1v) is 8.16. The molecule has 0 radical (unpaired) electrons. The molecular formula is C14H23BrS. The van der Waals surface area contributed by atoms with Crippen molar-refractivity contribution >= 4 is 27.3 Å². The van der Waals surface area contributed by atoms with Crippen molar-refractivity contribution in [2.24, 2.45) is 0 Å². The molecule has 1 heterocycles. The molecule has 16 heavy (non-hydrogen) atoms. The highest BCUT2D eigenvalue weighted by atomic mass is 79.9. The highest BCUT2D eigenvalue weighted by Crippen LogP contribution is 2.29. The summed E-state index contributed by atoms with van der Waals surface area (Å²) in [5.74, 6) is 0. The van der Waals surface area contributed by atoms with E-state index in [1.807, 2.05) is 11.3 Å². The van der Waals surface area contributed by atoms with E-state index in [0.717, 1.165) is 0 Å². The Balaban J connectivity index is 2.46. The van der Waals surface area contributed by atoms with Gasteiger partial charge in [0.2, 0.25) is 0 Å². The van der Waals surface area contributed by atoms with E-state index < -0.39 is 0 Å². The molecule has 0 nitrogen and oxygen atoms in total. The predicted molar refractivity (Wildman–Crippen MR) is 78.5 cm³/mol. The molecule has 0 atom stereocenters. The number of thiophene rings is 1. The van der Waals surface area contributed by atoms with Crippen LogP contribution in [0.5, 0.6) is 0 Å². The summed E-state index contributed by atoms with van der Waals surface area (Å²) in [5.41, 5.74) is 1.60. The molecule has 1 rings (SSSR count). The number of halogens is 1. The first kappa shape index (κ1) is 14.2. The fourth-order valence-electron chi connectivity index (χ4n) is 1.95. The second-order valence-electron chi connectivity index (χ2n) is 4.41. The van der Waals surface area contributed by atoms with Gasteiger partial charge < -0.3 is 0 Å². The van der Waals surface area contributed by atoms with E-state index in [1.54, 1.807) is 10.4 Å². The molecule has 0 aliphatic heterocycles. The van der Waals surface area contributed by atoms with Gasteiger partial charge >= 0.3 is 0 Å². The minimum absolute atomic E-state index is 1.28. The molecule has 0 saturated carbocycles. The minimum atomic E-state index is 1.28. The second kappa shape index (κ2) is 8.30. The van der Waals surface area contributed by atoms with E-state index in [1.165, 1.54) is 55.2 Å². The molecule has 0 unspecified atom stereocenters. The van der Waals surface area contributed by atoms with Crippen molar-refractivity contribution in [1.29, 1.82) is 0 Å². The van der Waals surface area contributed by atoms with Gasteiger partial charge in [-0.3, -0.25) is 0 Å². The molecule has 92 valence electrons. The highest BCUT2D eigenvalue weighted by molar-refractivity contribution is 9.11. The fourth-order valence-corrected chi connectivity index (χ4v) is 3.79. The normalized spacial score (nSPS) is 10.9. The molecule has 0 bridgehead atoms. The van der Waals surface area contributed by atoms with E-state index in [2.05, 4.69) is 35.8 Å². The molecule has 0 saturated heterocycles. The monoisotopic (exact) mass is 302 g/mol. The summed E-state index contributed by atoms with van der Waals surface area (Å²) in [6.07, 6.45) is 10.6. The molecule has 0 fully saturated rings. The van der Waals surface area contributed by atoms with Gasteiger partial charge in [0, 0.05) is 4.88 Å². The summed E-state index contributed by atoms with van der Waals surface area (Å²) in [4.78, 5) is 1.62. The number of hydrogen-bond acceptors (Lipinski definition) is 1. The molecule has 0 aliphatic rings. The summed E-state index contributed by atoms with van der Waals surface area (Å²) >= 11 is 5.56. The molecule has 1 aromatic rings. The summed E-state index contributed by atoms with van der Waals surface area (Å²) in [7, 11) is 0. The van der Waals surface area contributed by atoms with Crippen LogP contribution in [0.2, 0.25) is 0 Å². The van der Waals surface area contributed by atoms with E-state index >= 15 is 0 Å². The Labute approximate surface area is 113 Å². The summed E-state index contributed by atoms with van der Waals surface area (Å²) in [5, 5.41) is 0. The maximum Gasteiger partial charge on any atom is 0.0704 e. The van der Waals surface area contributed by atoms with Gasteiger partial charge in [-0.2, -0.15) is 0 Å². The lowest BCUT2D eigenvalue weighted by Crippen LogP contribution is -1.90. The Bertz CT molecular complexity index is 263. The van der Waals surface area contributed by atoms with Gasteiger partial charge in [-0.25, -0.2) is 0 Å². The van der Waals surface area contributed by atoms with Crippen molar-refractivity contribution in [2.75, 3.05) is 0 Å². The van der Waals surface area contributed by atoms with Crippen molar-refractivity contribution in [3.63, 3.8) is 0 Å². The maximum absolute atomic E-state index is 3.62.